The number of hydrogen-bond acceptors (Lipinski definition) is 3. The van der Waals surface area contributed by atoms with Crippen molar-refractivity contribution in [1.82, 2.24) is 0 Å². The van der Waals surface area contributed by atoms with Crippen molar-refractivity contribution in [3.63, 3.8) is 0 Å². The van der Waals surface area contributed by atoms with E-state index < -0.39 is 33.6 Å². The zero-order chi connectivity index (χ0) is 19.6. The van der Waals surface area contributed by atoms with E-state index in [2.05, 4.69) is 5.32 Å². The number of benzene rings is 2. The predicted molar refractivity (Wildman–Crippen MR) is 97.7 cm³/mol. The van der Waals surface area contributed by atoms with Crippen molar-refractivity contribution in [2.24, 2.45) is 0 Å². The van der Waals surface area contributed by atoms with Gasteiger partial charge in [-0.05, 0) is 44.5 Å². The van der Waals surface area contributed by atoms with Gasteiger partial charge in [-0.1, -0.05) is 17.7 Å². The molecule has 1 amide bonds. The van der Waals surface area contributed by atoms with E-state index in [9.17, 15) is 22.0 Å². The van der Waals surface area contributed by atoms with Crippen molar-refractivity contribution in [3.8, 4) is 0 Å². The number of aryl methyl sites for hydroxylation is 2. The number of hydrogen-bond donors (Lipinski definition) is 1. The molecule has 0 unspecified atom stereocenters. The third-order valence-corrected chi connectivity index (χ3v) is 5.13. The summed E-state index contributed by atoms with van der Waals surface area (Å²) in [7, 11) is -3.92. The van der Waals surface area contributed by atoms with E-state index in [1.807, 2.05) is 26.0 Å². The van der Waals surface area contributed by atoms with Gasteiger partial charge in [-0.25, -0.2) is 17.2 Å². The number of nitrogens with one attached hydrogen (secondary N) is 1. The Bertz CT molecular complexity index is 945. The van der Waals surface area contributed by atoms with Gasteiger partial charge < -0.3 is 5.32 Å². The first-order valence-electron chi connectivity index (χ1n) is 7.83. The highest BCUT2D eigenvalue weighted by Crippen LogP contribution is 2.24. The van der Waals surface area contributed by atoms with Crippen LogP contribution in [0.4, 0.5) is 20.2 Å². The van der Waals surface area contributed by atoms with Gasteiger partial charge >= 0.3 is 0 Å². The van der Waals surface area contributed by atoms with Crippen LogP contribution < -0.4 is 9.62 Å². The van der Waals surface area contributed by atoms with E-state index in [1.165, 1.54) is 6.92 Å². The summed E-state index contributed by atoms with van der Waals surface area (Å²) in [5.41, 5.74) is 2.26. The van der Waals surface area contributed by atoms with Crippen LogP contribution in [0, 0.1) is 25.5 Å². The first-order valence-corrected chi connectivity index (χ1v) is 9.68. The maximum absolute atomic E-state index is 13.5. The smallest absolute Gasteiger partial charge is 0.248 e. The quantitative estimate of drug-likeness (QED) is 0.862. The fraction of sp³-hybridized carbons (Fsp3) is 0.278. The molecule has 1 atom stereocenters. The molecule has 140 valence electrons. The minimum atomic E-state index is -3.92. The normalized spacial score (nSPS) is 12.5. The second kappa shape index (κ2) is 7.41. The van der Waals surface area contributed by atoms with Crippen molar-refractivity contribution >= 4 is 27.3 Å². The van der Waals surface area contributed by atoms with E-state index in [1.54, 1.807) is 6.07 Å². The standard InChI is InChI=1S/C18H20F2N2O3S/c1-11-5-8-17(12(2)9-11)21-18(23)13(3)22(26(4,24)25)14-6-7-15(19)16(20)10-14/h5-10,13H,1-4H3,(H,21,23)/t13-/m1/s1. The molecule has 2 rings (SSSR count). The maximum Gasteiger partial charge on any atom is 0.248 e. The van der Waals surface area contributed by atoms with Crippen molar-refractivity contribution in [1.29, 1.82) is 0 Å². The van der Waals surface area contributed by atoms with Gasteiger partial charge in [-0.3, -0.25) is 9.10 Å². The van der Waals surface area contributed by atoms with Crippen molar-refractivity contribution < 1.29 is 22.0 Å². The van der Waals surface area contributed by atoms with Crippen LogP contribution in [-0.2, 0) is 14.8 Å². The highest BCUT2D eigenvalue weighted by Gasteiger charge is 2.30. The predicted octanol–water partition coefficient (Wildman–Crippen LogP) is 3.37. The minimum absolute atomic E-state index is 0.130. The Morgan fingerprint density at radius 2 is 1.73 bits per heavy atom. The summed E-state index contributed by atoms with van der Waals surface area (Å²) in [6, 6.07) is 6.92. The van der Waals surface area contributed by atoms with Gasteiger partial charge in [0.15, 0.2) is 11.6 Å². The van der Waals surface area contributed by atoms with Gasteiger partial charge in [0.2, 0.25) is 15.9 Å². The Labute approximate surface area is 151 Å². The molecule has 0 aliphatic rings. The zero-order valence-electron chi connectivity index (χ0n) is 14.9. The van der Waals surface area contributed by atoms with Crippen LogP contribution in [0.1, 0.15) is 18.1 Å². The molecule has 0 aromatic heterocycles. The van der Waals surface area contributed by atoms with Crippen LogP contribution in [0.2, 0.25) is 0 Å². The van der Waals surface area contributed by atoms with Gasteiger partial charge in [0, 0.05) is 11.8 Å². The summed E-state index contributed by atoms with van der Waals surface area (Å²) >= 11 is 0. The number of rotatable bonds is 5. The summed E-state index contributed by atoms with van der Waals surface area (Å²) in [5.74, 6) is -2.89. The lowest BCUT2D eigenvalue weighted by atomic mass is 10.1. The van der Waals surface area contributed by atoms with E-state index in [0.717, 1.165) is 39.9 Å². The summed E-state index contributed by atoms with van der Waals surface area (Å²) in [5, 5.41) is 2.67. The van der Waals surface area contributed by atoms with Crippen molar-refractivity contribution in [3.05, 3.63) is 59.2 Å². The van der Waals surface area contributed by atoms with Crippen LogP contribution >= 0.6 is 0 Å². The van der Waals surface area contributed by atoms with Crippen LogP contribution in [0.5, 0.6) is 0 Å². The molecule has 0 bridgehead atoms. The maximum atomic E-state index is 13.5. The molecule has 2 aromatic rings. The van der Waals surface area contributed by atoms with Crippen molar-refractivity contribution in [2.45, 2.75) is 26.8 Å². The topological polar surface area (TPSA) is 66.5 Å². The molecule has 0 heterocycles. The zero-order valence-corrected chi connectivity index (χ0v) is 15.7. The van der Waals surface area contributed by atoms with Crippen LogP contribution in [-0.4, -0.2) is 26.6 Å². The molecule has 0 radical (unpaired) electrons. The fourth-order valence-corrected chi connectivity index (χ4v) is 3.79. The summed E-state index contributed by atoms with van der Waals surface area (Å²) in [4.78, 5) is 12.6. The molecular formula is C18H20F2N2O3S. The Hall–Kier alpha value is -2.48. The number of sulfonamides is 1. The molecule has 5 nitrogen and oxygen atoms in total. The first kappa shape index (κ1) is 19.8. The van der Waals surface area contributed by atoms with Gasteiger partial charge in [0.05, 0.1) is 11.9 Å². The SMILES string of the molecule is Cc1ccc(NC(=O)[C@@H](C)N(c2ccc(F)c(F)c2)S(C)(=O)=O)c(C)c1. The van der Waals surface area contributed by atoms with Crippen molar-refractivity contribution in [2.75, 3.05) is 15.9 Å². The minimum Gasteiger partial charge on any atom is -0.324 e. The van der Waals surface area contributed by atoms with E-state index >= 15 is 0 Å². The van der Waals surface area contributed by atoms with Crippen LogP contribution in [0.15, 0.2) is 36.4 Å². The van der Waals surface area contributed by atoms with Gasteiger partial charge in [0.1, 0.15) is 6.04 Å². The number of anilines is 2. The molecular weight excluding hydrogens is 362 g/mol. The largest absolute Gasteiger partial charge is 0.324 e. The Morgan fingerprint density at radius 1 is 1.08 bits per heavy atom. The third kappa shape index (κ3) is 4.37. The Morgan fingerprint density at radius 3 is 2.27 bits per heavy atom. The second-order valence-electron chi connectivity index (χ2n) is 6.14. The molecule has 0 saturated heterocycles. The molecule has 1 N–H and O–H groups in total. The lowest BCUT2D eigenvalue weighted by Crippen LogP contribution is -2.45. The molecule has 8 heteroatoms. The van der Waals surface area contributed by atoms with E-state index in [0.29, 0.717) is 5.69 Å². The van der Waals surface area contributed by atoms with Crippen LogP contribution in [0.25, 0.3) is 0 Å². The van der Waals surface area contributed by atoms with Gasteiger partial charge in [-0.2, -0.15) is 0 Å². The molecule has 0 saturated carbocycles. The lowest BCUT2D eigenvalue weighted by molar-refractivity contribution is -0.116. The number of carbonyl (C=O) groups is 1. The van der Waals surface area contributed by atoms with Gasteiger partial charge in [0.25, 0.3) is 0 Å². The molecule has 26 heavy (non-hydrogen) atoms. The monoisotopic (exact) mass is 382 g/mol. The Kier molecular flexibility index (Phi) is 5.65. The first-order chi connectivity index (χ1) is 12.0. The highest BCUT2D eigenvalue weighted by atomic mass is 32.2. The molecule has 0 aliphatic carbocycles. The number of amides is 1. The molecule has 2 aromatic carbocycles. The number of nitrogens with zero attached hydrogens (tertiary/aromatic N) is 1. The number of halogens is 2. The van der Waals surface area contributed by atoms with E-state index in [-0.39, 0.29) is 5.69 Å². The summed E-state index contributed by atoms with van der Waals surface area (Å²) in [6.45, 7) is 5.10. The molecule has 0 aliphatic heterocycles. The lowest BCUT2D eigenvalue weighted by Gasteiger charge is -2.28. The summed E-state index contributed by atoms with van der Waals surface area (Å²) < 4.78 is 51.8. The average molecular weight is 382 g/mol. The van der Waals surface area contributed by atoms with Gasteiger partial charge in [-0.15, -0.1) is 0 Å². The highest BCUT2D eigenvalue weighted by molar-refractivity contribution is 7.92. The fourth-order valence-electron chi connectivity index (χ4n) is 2.62. The second-order valence-corrected chi connectivity index (χ2v) is 8.00. The van der Waals surface area contributed by atoms with Crippen LogP contribution in [0.3, 0.4) is 0 Å². The van der Waals surface area contributed by atoms with E-state index in [4.69, 9.17) is 0 Å². The molecule has 0 spiro atoms. The third-order valence-electron chi connectivity index (χ3n) is 3.89. The molecule has 0 fully saturated rings. The Balaban J connectivity index is 2.35. The average Bonchev–Trinajstić information content (AvgIpc) is 2.52. The summed E-state index contributed by atoms with van der Waals surface area (Å²) in [6.07, 6.45) is 0.898. The number of carbonyl (C=O) groups excluding carboxylic acids is 1.